The maximum absolute atomic E-state index is 12.5. The number of hydrogen-bond acceptors (Lipinski definition) is 2. The molecule has 5 nitrogen and oxygen atoms in total. The summed E-state index contributed by atoms with van der Waals surface area (Å²) in [7, 11) is 0. The van der Waals surface area contributed by atoms with E-state index in [0.717, 1.165) is 29.8 Å². The molecule has 3 rings (SSSR count). The molecule has 0 fully saturated rings. The van der Waals surface area contributed by atoms with Crippen molar-refractivity contribution in [2.45, 2.75) is 20.4 Å². The molecule has 23 heavy (non-hydrogen) atoms. The number of rotatable bonds is 4. The lowest BCUT2D eigenvalue weighted by atomic mass is 10.3. The van der Waals surface area contributed by atoms with Crippen molar-refractivity contribution in [3.63, 3.8) is 0 Å². The monoisotopic (exact) mass is 376 g/mol. The number of nitrogens with two attached hydrogens (primary N) is 1. The molecular formula is C17H21BrN4O. The number of pyridine rings is 1. The predicted molar refractivity (Wildman–Crippen MR) is 87.4 cm³/mol. The zero-order valence-electron chi connectivity index (χ0n) is 13.4. The van der Waals surface area contributed by atoms with Gasteiger partial charge in [-0.2, -0.15) is 4.40 Å². The van der Waals surface area contributed by atoms with E-state index < -0.39 is 0 Å². The standard InChI is InChI=1S/C17H21N4O.BrH/c1-3-19(4-2)17(22)12-21-15-8-6-5-7-14(15)20-11-13(18)9-10-16(20)21;/h5-11H,3-4,12,18H2,1-2H3;1H/q+1;/p-1. The van der Waals surface area contributed by atoms with Crippen LogP contribution in [0, 0.1) is 0 Å². The van der Waals surface area contributed by atoms with Gasteiger partial charge in [0.05, 0.1) is 5.69 Å². The van der Waals surface area contributed by atoms with E-state index in [9.17, 15) is 4.79 Å². The van der Waals surface area contributed by atoms with Gasteiger partial charge in [0.15, 0.2) is 17.6 Å². The predicted octanol–water partition coefficient (Wildman–Crippen LogP) is -1.17. The summed E-state index contributed by atoms with van der Waals surface area (Å²) >= 11 is 0. The zero-order chi connectivity index (χ0) is 15.7. The van der Waals surface area contributed by atoms with Crippen molar-refractivity contribution in [2.75, 3.05) is 18.8 Å². The van der Waals surface area contributed by atoms with Crippen LogP contribution in [0.15, 0.2) is 42.6 Å². The number of benzene rings is 1. The van der Waals surface area contributed by atoms with Gasteiger partial charge in [0.2, 0.25) is 0 Å². The average Bonchev–Trinajstić information content (AvgIpc) is 2.82. The van der Waals surface area contributed by atoms with Crippen LogP contribution in [0.3, 0.4) is 0 Å². The molecule has 2 heterocycles. The number of likely N-dealkylation sites (N-methyl/N-ethyl adjacent to an activating group) is 1. The maximum atomic E-state index is 12.5. The van der Waals surface area contributed by atoms with Crippen LogP contribution in [0.5, 0.6) is 0 Å². The lowest BCUT2D eigenvalue weighted by molar-refractivity contribution is -0.633. The molecule has 0 radical (unpaired) electrons. The van der Waals surface area contributed by atoms with E-state index >= 15 is 0 Å². The Hall–Kier alpha value is -2.08. The van der Waals surface area contributed by atoms with Gasteiger partial charge >= 0.3 is 0 Å². The lowest BCUT2D eigenvalue weighted by Crippen LogP contribution is -3.00. The topological polar surface area (TPSA) is 54.6 Å². The number of hydrogen-bond donors (Lipinski definition) is 1. The fraction of sp³-hybridized carbons (Fsp3) is 0.294. The highest BCUT2D eigenvalue weighted by molar-refractivity contribution is 5.79. The summed E-state index contributed by atoms with van der Waals surface area (Å²) in [6.07, 6.45) is 1.90. The Bertz CT molecular complexity index is 839. The van der Waals surface area contributed by atoms with Gasteiger partial charge in [-0.3, -0.25) is 4.79 Å². The van der Waals surface area contributed by atoms with Gasteiger partial charge in [0, 0.05) is 19.2 Å². The van der Waals surface area contributed by atoms with Gasteiger partial charge < -0.3 is 27.6 Å². The summed E-state index contributed by atoms with van der Waals surface area (Å²) in [5.74, 6) is 0.130. The highest BCUT2D eigenvalue weighted by Gasteiger charge is 2.22. The van der Waals surface area contributed by atoms with Crippen LogP contribution in [-0.2, 0) is 11.3 Å². The molecule has 122 valence electrons. The first-order valence-electron chi connectivity index (χ1n) is 7.61. The summed E-state index contributed by atoms with van der Waals surface area (Å²) in [5, 5.41) is 0. The molecule has 0 aliphatic heterocycles. The Morgan fingerprint density at radius 2 is 1.87 bits per heavy atom. The molecule has 1 amide bonds. The Morgan fingerprint density at radius 3 is 2.57 bits per heavy atom. The SMILES string of the molecule is CCN(CC)C(=O)C[n+]1c2ccccc2n2cc(N)ccc21.[Br-]. The first-order chi connectivity index (χ1) is 10.7. The number of nitrogen functional groups attached to an aromatic ring is 1. The molecule has 0 saturated heterocycles. The van der Waals surface area contributed by atoms with Gasteiger partial charge in [-0.05, 0) is 32.0 Å². The van der Waals surface area contributed by atoms with Crippen molar-refractivity contribution in [2.24, 2.45) is 0 Å². The largest absolute Gasteiger partial charge is 1.00 e. The highest BCUT2D eigenvalue weighted by Crippen LogP contribution is 2.16. The number of imidazole rings is 1. The van der Waals surface area contributed by atoms with Crippen molar-refractivity contribution >= 4 is 28.3 Å². The number of carbonyl (C=O) groups is 1. The first kappa shape index (κ1) is 17.3. The molecule has 0 bridgehead atoms. The van der Waals surface area contributed by atoms with E-state index in [2.05, 4.69) is 4.57 Å². The van der Waals surface area contributed by atoms with E-state index in [1.165, 1.54) is 0 Å². The summed E-state index contributed by atoms with van der Waals surface area (Å²) in [4.78, 5) is 14.3. The quantitative estimate of drug-likeness (QED) is 0.583. The molecule has 2 aromatic heterocycles. The molecular weight excluding hydrogens is 356 g/mol. The molecule has 3 aromatic rings. The van der Waals surface area contributed by atoms with E-state index in [4.69, 9.17) is 5.73 Å². The minimum Gasteiger partial charge on any atom is -1.00 e. The van der Waals surface area contributed by atoms with Crippen LogP contribution < -0.4 is 27.3 Å². The van der Waals surface area contributed by atoms with Crippen molar-refractivity contribution in [1.29, 1.82) is 0 Å². The molecule has 0 saturated carbocycles. The van der Waals surface area contributed by atoms with E-state index in [1.54, 1.807) is 0 Å². The smallest absolute Gasteiger partial charge is 0.287 e. The Kier molecular flexibility index (Phi) is 5.26. The minimum absolute atomic E-state index is 0. The Balaban J connectivity index is 0.00000192. The molecule has 0 atom stereocenters. The Labute approximate surface area is 146 Å². The fourth-order valence-electron chi connectivity index (χ4n) is 2.92. The number of amides is 1. The molecule has 2 N–H and O–H groups in total. The molecule has 0 aliphatic rings. The van der Waals surface area contributed by atoms with Crippen LogP contribution in [0.4, 0.5) is 5.69 Å². The third-order valence-corrected chi connectivity index (χ3v) is 4.07. The summed E-state index contributed by atoms with van der Waals surface area (Å²) in [5.41, 5.74) is 9.67. The number of aromatic nitrogens is 2. The number of carbonyl (C=O) groups excluding carboxylic acids is 1. The second kappa shape index (κ2) is 7.00. The average molecular weight is 377 g/mol. The highest BCUT2D eigenvalue weighted by atomic mass is 79.9. The van der Waals surface area contributed by atoms with E-state index in [1.807, 2.05) is 65.7 Å². The van der Waals surface area contributed by atoms with Crippen LogP contribution in [0.25, 0.3) is 16.7 Å². The van der Waals surface area contributed by atoms with Crippen LogP contribution >= 0.6 is 0 Å². The lowest BCUT2D eigenvalue weighted by Gasteiger charge is -2.17. The Morgan fingerprint density at radius 1 is 1.17 bits per heavy atom. The summed E-state index contributed by atoms with van der Waals surface area (Å²) in [6.45, 7) is 5.80. The molecule has 0 spiro atoms. The second-order valence-electron chi connectivity index (χ2n) is 5.33. The number of para-hydroxylation sites is 2. The summed E-state index contributed by atoms with van der Waals surface area (Å²) in [6, 6.07) is 11.9. The zero-order valence-corrected chi connectivity index (χ0v) is 15.0. The first-order valence-corrected chi connectivity index (χ1v) is 7.61. The van der Waals surface area contributed by atoms with Crippen molar-refractivity contribution < 1.29 is 26.3 Å². The number of halogens is 1. The second-order valence-corrected chi connectivity index (χ2v) is 5.33. The van der Waals surface area contributed by atoms with Crippen LogP contribution in [0.1, 0.15) is 13.8 Å². The van der Waals surface area contributed by atoms with Crippen molar-refractivity contribution in [3.05, 3.63) is 42.6 Å². The molecule has 0 unspecified atom stereocenters. The van der Waals surface area contributed by atoms with Crippen molar-refractivity contribution in [3.8, 4) is 0 Å². The number of nitrogens with zero attached hydrogens (tertiary/aromatic N) is 3. The van der Waals surface area contributed by atoms with Gasteiger partial charge in [-0.1, -0.05) is 12.1 Å². The molecule has 0 aliphatic carbocycles. The number of fused-ring (bicyclic) bond motifs is 3. The normalized spacial score (nSPS) is 10.7. The van der Waals surface area contributed by atoms with Gasteiger partial charge in [-0.25, -0.2) is 4.57 Å². The minimum atomic E-state index is 0. The van der Waals surface area contributed by atoms with E-state index in [-0.39, 0.29) is 22.9 Å². The molecule has 1 aromatic carbocycles. The van der Waals surface area contributed by atoms with Gasteiger partial charge in [-0.15, -0.1) is 0 Å². The van der Waals surface area contributed by atoms with Crippen LogP contribution in [-0.4, -0.2) is 28.3 Å². The van der Waals surface area contributed by atoms with Crippen LogP contribution in [0.2, 0.25) is 0 Å². The van der Waals surface area contributed by atoms with Gasteiger partial charge in [0.1, 0.15) is 6.20 Å². The molecule has 6 heteroatoms. The third kappa shape index (κ3) is 3.03. The van der Waals surface area contributed by atoms with E-state index in [0.29, 0.717) is 12.2 Å². The van der Waals surface area contributed by atoms with Gasteiger partial charge in [0.25, 0.3) is 11.6 Å². The summed E-state index contributed by atoms with van der Waals surface area (Å²) < 4.78 is 4.09. The maximum Gasteiger partial charge on any atom is 0.287 e. The fourth-order valence-corrected chi connectivity index (χ4v) is 2.92. The third-order valence-electron chi connectivity index (χ3n) is 4.07. The number of anilines is 1. The van der Waals surface area contributed by atoms with Crippen molar-refractivity contribution in [1.82, 2.24) is 9.30 Å².